The number of halogens is 5. The Labute approximate surface area is 189 Å². The van der Waals surface area contributed by atoms with E-state index in [2.05, 4.69) is 20.1 Å². The van der Waals surface area contributed by atoms with E-state index in [1.165, 1.54) is 11.1 Å². The molecule has 178 valence electrons. The van der Waals surface area contributed by atoms with Gasteiger partial charge in [0.1, 0.15) is 23.7 Å². The predicted molar refractivity (Wildman–Crippen MR) is 109 cm³/mol. The highest BCUT2D eigenvalue weighted by Crippen LogP contribution is 2.67. The average molecular weight is 479 g/mol. The van der Waals surface area contributed by atoms with E-state index in [1.54, 1.807) is 6.20 Å². The first-order valence-electron chi connectivity index (χ1n) is 10.7. The van der Waals surface area contributed by atoms with Crippen LogP contribution in [0.5, 0.6) is 0 Å². The standard InChI is InChI=1S/C21H18F5N7O/c22-15(23)9-33-19-14(5-29-33)28-6-17(30-19)31-7-12-13(8-31)20(12)4-18(34)32(10-20)16-3-11(1-2-27-16)21(24,25)26/h1-3,5-6,12-13,15H,4,7-10H2. The summed E-state index contributed by atoms with van der Waals surface area (Å²) < 4.78 is 66.0. The molecule has 1 saturated carbocycles. The van der Waals surface area contributed by atoms with Crippen LogP contribution in [0.15, 0.2) is 30.7 Å². The quantitative estimate of drug-likeness (QED) is 0.536. The Bertz CT molecular complexity index is 1280. The molecular formula is C21H18F5N7O. The van der Waals surface area contributed by atoms with Crippen molar-refractivity contribution in [3.63, 3.8) is 0 Å². The van der Waals surface area contributed by atoms with Gasteiger partial charge in [0.05, 0.1) is 18.0 Å². The summed E-state index contributed by atoms with van der Waals surface area (Å²) >= 11 is 0. The monoisotopic (exact) mass is 479 g/mol. The molecule has 3 fully saturated rings. The van der Waals surface area contributed by atoms with Crippen molar-refractivity contribution in [3.05, 3.63) is 36.3 Å². The van der Waals surface area contributed by atoms with Gasteiger partial charge in [0.2, 0.25) is 5.91 Å². The summed E-state index contributed by atoms with van der Waals surface area (Å²) in [5, 5.41) is 3.93. The molecule has 34 heavy (non-hydrogen) atoms. The first kappa shape index (κ1) is 21.2. The number of pyridine rings is 1. The van der Waals surface area contributed by atoms with Gasteiger partial charge in [-0.1, -0.05) is 0 Å². The van der Waals surface area contributed by atoms with E-state index >= 15 is 0 Å². The number of rotatable bonds is 4. The summed E-state index contributed by atoms with van der Waals surface area (Å²) in [5.41, 5.74) is -0.423. The highest BCUT2D eigenvalue weighted by Gasteiger charge is 2.71. The first-order valence-corrected chi connectivity index (χ1v) is 10.7. The summed E-state index contributed by atoms with van der Waals surface area (Å²) in [5.74, 6) is 0.685. The Balaban J connectivity index is 1.18. The Hall–Kier alpha value is -3.38. The summed E-state index contributed by atoms with van der Waals surface area (Å²) in [6.07, 6.45) is -2.78. The van der Waals surface area contributed by atoms with Gasteiger partial charge in [0.25, 0.3) is 6.43 Å². The Kier molecular flexibility index (Phi) is 4.40. The van der Waals surface area contributed by atoms with Crippen molar-refractivity contribution in [2.24, 2.45) is 17.3 Å². The lowest BCUT2D eigenvalue weighted by molar-refractivity contribution is -0.137. The largest absolute Gasteiger partial charge is 0.416 e. The van der Waals surface area contributed by atoms with Gasteiger partial charge in [-0.2, -0.15) is 18.3 Å². The van der Waals surface area contributed by atoms with E-state index < -0.39 is 24.7 Å². The molecule has 3 aromatic rings. The molecule has 5 heterocycles. The number of fused-ring (bicyclic) bond motifs is 4. The first-order chi connectivity index (χ1) is 16.2. The van der Waals surface area contributed by atoms with E-state index in [4.69, 9.17) is 0 Å². The van der Waals surface area contributed by atoms with Crippen LogP contribution in [0.1, 0.15) is 12.0 Å². The van der Waals surface area contributed by atoms with Crippen molar-refractivity contribution in [1.82, 2.24) is 24.7 Å². The predicted octanol–water partition coefficient (Wildman–Crippen LogP) is 2.99. The average Bonchev–Trinajstić information content (AvgIpc) is 3.23. The summed E-state index contributed by atoms with van der Waals surface area (Å²) in [4.78, 5) is 28.8. The summed E-state index contributed by atoms with van der Waals surface area (Å²) in [6.45, 7) is 0.961. The van der Waals surface area contributed by atoms with Crippen molar-refractivity contribution in [3.8, 4) is 0 Å². The highest BCUT2D eigenvalue weighted by molar-refractivity contribution is 5.96. The van der Waals surface area contributed by atoms with Crippen LogP contribution in [-0.2, 0) is 17.5 Å². The van der Waals surface area contributed by atoms with E-state index in [1.807, 2.05) is 4.90 Å². The molecule has 0 aromatic carbocycles. The molecule has 3 aliphatic rings. The molecule has 1 aliphatic carbocycles. The van der Waals surface area contributed by atoms with Crippen molar-refractivity contribution < 1.29 is 26.7 Å². The van der Waals surface area contributed by atoms with Crippen LogP contribution >= 0.6 is 0 Å². The van der Waals surface area contributed by atoms with Crippen LogP contribution < -0.4 is 9.80 Å². The van der Waals surface area contributed by atoms with Crippen LogP contribution in [0.25, 0.3) is 11.2 Å². The van der Waals surface area contributed by atoms with Gasteiger partial charge < -0.3 is 4.90 Å². The zero-order chi connectivity index (χ0) is 23.8. The lowest BCUT2D eigenvalue weighted by Gasteiger charge is -2.24. The Morgan fingerprint density at radius 2 is 1.88 bits per heavy atom. The van der Waals surface area contributed by atoms with Gasteiger partial charge in [-0.25, -0.2) is 28.4 Å². The second-order valence-electron chi connectivity index (χ2n) is 9.06. The number of carbonyl (C=O) groups excluding carboxylic acids is 1. The number of anilines is 2. The number of hydrogen-bond donors (Lipinski definition) is 0. The second kappa shape index (κ2) is 7.06. The van der Waals surface area contributed by atoms with Crippen molar-refractivity contribution in [2.75, 3.05) is 29.4 Å². The van der Waals surface area contributed by atoms with Crippen LogP contribution in [0.2, 0.25) is 0 Å². The zero-order valence-electron chi connectivity index (χ0n) is 17.6. The lowest BCUT2D eigenvalue weighted by atomic mass is 9.99. The Morgan fingerprint density at radius 1 is 1.12 bits per heavy atom. The topological polar surface area (TPSA) is 80.0 Å². The van der Waals surface area contributed by atoms with E-state index in [9.17, 15) is 26.7 Å². The third-order valence-corrected chi connectivity index (χ3v) is 7.24. The van der Waals surface area contributed by atoms with E-state index in [0.717, 1.165) is 23.0 Å². The minimum atomic E-state index is -4.51. The zero-order valence-corrected chi connectivity index (χ0v) is 17.6. The Morgan fingerprint density at radius 3 is 2.59 bits per heavy atom. The van der Waals surface area contributed by atoms with E-state index in [0.29, 0.717) is 31.0 Å². The van der Waals surface area contributed by atoms with Gasteiger partial charge in [0, 0.05) is 37.7 Å². The fraction of sp³-hybridized carbons (Fsp3) is 0.476. The summed E-state index contributed by atoms with van der Waals surface area (Å²) in [7, 11) is 0. The van der Waals surface area contributed by atoms with Crippen LogP contribution in [0.4, 0.5) is 33.6 Å². The van der Waals surface area contributed by atoms with Crippen molar-refractivity contribution in [1.29, 1.82) is 0 Å². The molecule has 13 heteroatoms. The highest BCUT2D eigenvalue weighted by atomic mass is 19.4. The number of nitrogens with zero attached hydrogens (tertiary/aromatic N) is 7. The normalized spacial score (nSPS) is 26.4. The fourth-order valence-electron chi connectivity index (χ4n) is 5.54. The van der Waals surface area contributed by atoms with Crippen molar-refractivity contribution >= 4 is 28.7 Å². The molecule has 2 unspecified atom stereocenters. The fourth-order valence-corrected chi connectivity index (χ4v) is 5.54. The molecular weight excluding hydrogens is 461 g/mol. The number of amides is 1. The SMILES string of the molecule is O=C1CC2(CN1c1cc(C(F)(F)F)ccn1)C1CN(c3cnc4cnn(CC(F)F)c4n3)CC12. The van der Waals surface area contributed by atoms with Gasteiger partial charge in [-0.15, -0.1) is 0 Å². The third-order valence-electron chi connectivity index (χ3n) is 7.24. The number of hydrogen-bond acceptors (Lipinski definition) is 6. The maximum absolute atomic E-state index is 13.1. The van der Waals surface area contributed by atoms with Gasteiger partial charge in [0.15, 0.2) is 5.65 Å². The molecule has 0 radical (unpaired) electrons. The molecule has 1 spiro atoms. The van der Waals surface area contributed by atoms with Gasteiger partial charge >= 0.3 is 6.18 Å². The minimum absolute atomic E-state index is 0.0159. The number of alkyl halides is 5. The number of piperidine rings is 1. The lowest BCUT2D eigenvalue weighted by Crippen LogP contribution is -2.31. The second-order valence-corrected chi connectivity index (χ2v) is 9.06. The smallest absolute Gasteiger partial charge is 0.355 e. The maximum atomic E-state index is 13.1. The van der Waals surface area contributed by atoms with Crippen LogP contribution in [-0.4, -0.2) is 56.7 Å². The summed E-state index contributed by atoms with van der Waals surface area (Å²) in [6, 6.07) is 1.80. The molecule has 2 saturated heterocycles. The van der Waals surface area contributed by atoms with Gasteiger partial charge in [-0.3, -0.25) is 9.69 Å². The molecule has 0 bridgehead atoms. The van der Waals surface area contributed by atoms with Crippen molar-refractivity contribution in [2.45, 2.75) is 25.6 Å². The third kappa shape index (κ3) is 3.20. The minimum Gasteiger partial charge on any atom is -0.355 e. The molecule has 6 rings (SSSR count). The maximum Gasteiger partial charge on any atom is 0.416 e. The molecule has 2 aliphatic heterocycles. The molecule has 3 aromatic heterocycles. The number of carbonyl (C=O) groups is 1. The molecule has 1 amide bonds. The van der Waals surface area contributed by atoms with Crippen LogP contribution in [0.3, 0.4) is 0 Å². The van der Waals surface area contributed by atoms with E-state index in [-0.39, 0.29) is 41.0 Å². The van der Waals surface area contributed by atoms with Gasteiger partial charge in [-0.05, 0) is 24.0 Å². The molecule has 2 atom stereocenters. The molecule has 8 nitrogen and oxygen atoms in total. The number of aromatic nitrogens is 5. The van der Waals surface area contributed by atoms with Crippen LogP contribution in [0, 0.1) is 17.3 Å². The molecule has 0 N–H and O–H groups in total.